The van der Waals surface area contributed by atoms with Crippen LogP contribution in [0.4, 0.5) is 10.2 Å². The molecule has 3 fully saturated rings. The number of benzene rings is 1. The Balaban J connectivity index is 1.16. The van der Waals surface area contributed by atoms with Gasteiger partial charge in [0.25, 0.3) is 5.91 Å². The molecule has 2 N–H and O–H groups in total. The highest BCUT2D eigenvalue weighted by atomic mass is 32.2. The topological polar surface area (TPSA) is 133 Å². The summed E-state index contributed by atoms with van der Waals surface area (Å²) in [4.78, 5) is 28.5. The molecule has 4 heterocycles. The van der Waals surface area contributed by atoms with Gasteiger partial charge in [-0.05, 0) is 96.4 Å². The zero-order valence-corrected chi connectivity index (χ0v) is 35.3. The lowest BCUT2D eigenvalue weighted by molar-refractivity contribution is -0.239. The first-order valence-electron chi connectivity index (χ1n) is 19.1. The molecule has 15 heteroatoms. The van der Waals surface area contributed by atoms with E-state index < -0.39 is 29.8 Å². The minimum absolute atomic E-state index is 0.00451. The maximum absolute atomic E-state index is 14.4. The summed E-state index contributed by atoms with van der Waals surface area (Å²) in [5.74, 6) is -0.312. The molecule has 3 atom stereocenters. The molecule has 0 aliphatic carbocycles. The van der Waals surface area contributed by atoms with E-state index in [1.807, 2.05) is 34.6 Å². The largest absolute Gasteiger partial charge is 0.451 e. The van der Waals surface area contributed by atoms with Gasteiger partial charge in [-0.15, -0.1) is 0 Å². The van der Waals surface area contributed by atoms with Crippen LogP contribution in [0.25, 0.3) is 0 Å². The summed E-state index contributed by atoms with van der Waals surface area (Å²) in [6.45, 7) is 24.5. The Morgan fingerprint density at radius 2 is 1.83 bits per heavy atom. The molecule has 53 heavy (non-hydrogen) atoms. The molecule has 1 amide bonds. The third kappa shape index (κ3) is 9.58. The standard InChI is InChI=1S/C38H62FN7O5SSi/c1-11-52(49,43-53(9,10)36(6,7)8)42-30-14-15-38(48,50-22-30)25-44-18-16-37(17-19-44)23-45(24-37)34-33(21-40-26-41-34)51-32-13-12-29(39)20-31(32)35(47)46(27(2)3)28(4)5/h12-13,20-21,26-28,30,48H,11,14-19,22-25H2,1-10H3,(H,42,43,49)/t30-,38-,52?/m1/s1. The predicted molar refractivity (Wildman–Crippen MR) is 211 cm³/mol. The zero-order valence-electron chi connectivity index (χ0n) is 33.4. The third-order valence-electron chi connectivity index (χ3n) is 11.5. The summed E-state index contributed by atoms with van der Waals surface area (Å²) < 4.78 is 48.8. The molecular weight excluding hydrogens is 714 g/mol. The van der Waals surface area contributed by atoms with Crippen molar-refractivity contribution in [2.75, 3.05) is 50.0 Å². The molecular formula is C38H62FN7O5SSi. The number of aromatic nitrogens is 2. The van der Waals surface area contributed by atoms with Crippen molar-refractivity contribution >= 4 is 29.9 Å². The number of anilines is 1. The van der Waals surface area contributed by atoms with Gasteiger partial charge >= 0.3 is 0 Å². The molecule has 3 saturated heterocycles. The SMILES string of the molecule is CCS(=O)(=N[Si](C)(C)C(C)(C)C)N[C@@H]1CC[C@](O)(CN2CCC3(CC2)CN(c2ncncc2Oc2ccc(F)cc2C(=O)N(C(C)C)C(C)C)C3)OC1. The molecule has 12 nitrogen and oxygen atoms in total. The Morgan fingerprint density at radius 3 is 2.40 bits per heavy atom. The first-order chi connectivity index (χ1) is 24.7. The van der Waals surface area contributed by atoms with Crippen LogP contribution in [-0.4, -0.2) is 112 Å². The lowest BCUT2D eigenvalue weighted by Gasteiger charge is -2.55. The van der Waals surface area contributed by atoms with Gasteiger partial charge in [-0.1, -0.05) is 27.7 Å². The van der Waals surface area contributed by atoms with Crippen LogP contribution >= 0.6 is 0 Å². The molecule has 1 aromatic heterocycles. The van der Waals surface area contributed by atoms with Crippen molar-refractivity contribution in [3.63, 3.8) is 0 Å². The van der Waals surface area contributed by atoms with Gasteiger partial charge < -0.3 is 24.4 Å². The van der Waals surface area contributed by atoms with E-state index in [9.17, 15) is 18.5 Å². The van der Waals surface area contributed by atoms with Gasteiger partial charge in [0.1, 0.15) is 17.9 Å². The highest BCUT2D eigenvalue weighted by Gasteiger charge is 2.47. The van der Waals surface area contributed by atoms with Crippen LogP contribution in [0.15, 0.2) is 34.8 Å². The number of aliphatic hydroxyl groups is 1. The number of β-amino-alcohol motifs (C(OH)–C–C–N with tert-alkyl or cyclic N) is 1. The van der Waals surface area contributed by atoms with E-state index in [-0.39, 0.29) is 52.4 Å². The summed E-state index contributed by atoms with van der Waals surface area (Å²) >= 11 is 0. The van der Waals surface area contributed by atoms with Crippen LogP contribution in [0.2, 0.25) is 18.1 Å². The molecule has 1 spiro atoms. The second kappa shape index (κ2) is 15.8. The van der Waals surface area contributed by atoms with Crippen LogP contribution in [0, 0.1) is 11.2 Å². The Hall–Kier alpha value is -2.69. The number of nitrogens with one attached hydrogen (secondary N) is 1. The van der Waals surface area contributed by atoms with Gasteiger partial charge in [0, 0.05) is 48.8 Å². The Labute approximate surface area is 317 Å². The maximum atomic E-state index is 14.4. The summed E-state index contributed by atoms with van der Waals surface area (Å²) in [6, 6.07) is 3.73. The van der Waals surface area contributed by atoms with E-state index >= 15 is 0 Å². The molecule has 3 aliphatic heterocycles. The average molecular weight is 776 g/mol. The number of nitrogens with zero attached hydrogens (tertiary/aromatic N) is 6. The summed E-state index contributed by atoms with van der Waals surface area (Å²) in [7, 11) is -4.71. The van der Waals surface area contributed by atoms with Crippen molar-refractivity contribution in [3.05, 3.63) is 42.1 Å². The molecule has 0 saturated carbocycles. The number of hydrogen-bond donors (Lipinski definition) is 2. The molecule has 2 aromatic rings. The van der Waals surface area contributed by atoms with Gasteiger partial charge in [0.2, 0.25) is 0 Å². The number of likely N-dealkylation sites (tertiary alicyclic amines) is 1. The number of amides is 1. The second-order valence-electron chi connectivity index (χ2n) is 17.4. The fraction of sp³-hybridized carbons (Fsp3) is 0.711. The number of hydrogen-bond acceptors (Lipinski definition) is 10. The lowest BCUT2D eigenvalue weighted by atomic mass is 9.72. The van der Waals surface area contributed by atoms with E-state index in [2.05, 4.69) is 58.4 Å². The minimum atomic E-state index is -2.58. The maximum Gasteiger partial charge on any atom is 0.258 e. The summed E-state index contributed by atoms with van der Waals surface area (Å²) in [5, 5.41) is 11.4. The van der Waals surface area contributed by atoms with Gasteiger partial charge in [0.15, 0.2) is 25.6 Å². The van der Waals surface area contributed by atoms with Gasteiger partial charge in [-0.2, -0.15) is 0 Å². The van der Waals surface area contributed by atoms with Gasteiger partial charge in [-0.25, -0.2) is 23.3 Å². The predicted octanol–water partition coefficient (Wildman–Crippen LogP) is 6.43. The lowest BCUT2D eigenvalue weighted by Crippen LogP contribution is -2.62. The third-order valence-corrected chi connectivity index (χ3v) is 19.7. The van der Waals surface area contributed by atoms with Crippen molar-refractivity contribution in [2.45, 2.75) is 123 Å². The van der Waals surface area contributed by atoms with E-state index in [1.165, 1.54) is 24.5 Å². The summed E-state index contributed by atoms with van der Waals surface area (Å²) in [6.07, 6.45) is 6.14. The second-order valence-corrected chi connectivity index (χ2v) is 24.9. The van der Waals surface area contributed by atoms with Crippen molar-refractivity contribution in [3.8, 4) is 11.5 Å². The quantitative estimate of drug-likeness (QED) is 0.234. The van der Waals surface area contributed by atoms with E-state index in [0.717, 1.165) is 39.0 Å². The van der Waals surface area contributed by atoms with Gasteiger partial charge in [-0.3, -0.25) is 13.7 Å². The molecule has 0 radical (unpaired) electrons. The van der Waals surface area contributed by atoms with E-state index in [1.54, 1.807) is 11.1 Å². The van der Waals surface area contributed by atoms with Crippen LogP contribution in [0.3, 0.4) is 0 Å². The average Bonchev–Trinajstić information content (AvgIpc) is 3.05. The van der Waals surface area contributed by atoms with E-state index in [0.29, 0.717) is 36.7 Å². The molecule has 5 rings (SSSR count). The fourth-order valence-electron chi connectivity index (χ4n) is 7.43. The van der Waals surface area contributed by atoms with Crippen LogP contribution in [0.1, 0.15) is 91.4 Å². The van der Waals surface area contributed by atoms with Crippen molar-refractivity contribution in [1.29, 1.82) is 0 Å². The molecule has 0 bridgehead atoms. The molecule has 1 unspecified atom stereocenters. The number of halogens is 1. The fourth-order valence-corrected chi connectivity index (χ4v) is 13.1. The Bertz CT molecular complexity index is 1710. The molecule has 296 valence electrons. The number of carbonyl (C=O) groups excluding carboxylic acids is 1. The zero-order chi connectivity index (χ0) is 39.0. The molecule has 1 aromatic carbocycles. The first-order valence-corrected chi connectivity index (χ1v) is 23.8. The Kier molecular flexibility index (Phi) is 12.4. The highest BCUT2D eigenvalue weighted by molar-refractivity contribution is 7.92. The monoisotopic (exact) mass is 775 g/mol. The smallest absolute Gasteiger partial charge is 0.258 e. The number of piperidine rings is 1. The number of ether oxygens (including phenoxy) is 2. The normalized spacial score (nSPS) is 23.5. The van der Waals surface area contributed by atoms with Gasteiger partial charge in [0.05, 0.1) is 34.8 Å². The Morgan fingerprint density at radius 1 is 1.17 bits per heavy atom. The number of carbonyl (C=O) groups is 1. The first kappa shape index (κ1) is 41.5. The van der Waals surface area contributed by atoms with Crippen LogP contribution < -0.4 is 14.4 Å². The van der Waals surface area contributed by atoms with Crippen molar-refractivity contribution in [2.24, 2.45) is 9.44 Å². The summed E-state index contributed by atoms with van der Waals surface area (Å²) in [5.41, 5.74) is 0.270. The highest BCUT2D eigenvalue weighted by Crippen LogP contribution is 2.45. The van der Waals surface area contributed by atoms with Crippen LogP contribution in [-0.2, 0) is 14.7 Å². The van der Waals surface area contributed by atoms with Crippen molar-refractivity contribution < 1.29 is 28.0 Å². The number of rotatable bonds is 12. The minimum Gasteiger partial charge on any atom is -0.451 e. The molecule has 3 aliphatic rings. The van der Waals surface area contributed by atoms with Crippen molar-refractivity contribution in [1.82, 2.24) is 24.5 Å². The van der Waals surface area contributed by atoms with Crippen LogP contribution in [0.5, 0.6) is 11.5 Å². The van der Waals surface area contributed by atoms with E-state index in [4.69, 9.17) is 13.5 Å².